The number of rotatable bonds is 5. The summed E-state index contributed by atoms with van der Waals surface area (Å²) in [5, 5.41) is 7.98. The minimum atomic E-state index is 0.00557. The molecule has 1 aromatic carbocycles. The first-order valence-electron chi connectivity index (χ1n) is 8.94. The molecule has 2 amide bonds. The van der Waals surface area contributed by atoms with Crippen LogP contribution in [0.5, 0.6) is 0 Å². The fourth-order valence-electron chi connectivity index (χ4n) is 3.35. The van der Waals surface area contributed by atoms with Crippen molar-refractivity contribution in [1.29, 1.82) is 0 Å². The van der Waals surface area contributed by atoms with E-state index in [-0.39, 0.29) is 17.9 Å². The number of hydrogen-bond donors (Lipinski definition) is 2. The van der Waals surface area contributed by atoms with Crippen LogP contribution in [-0.4, -0.2) is 42.4 Å². The van der Waals surface area contributed by atoms with Gasteiger partial charge < -0.3 is 10.6 Å². The van der Waals surface area contributed by atoms with Gasteiger partial charge in [0.25, 0.3) is 5.91 Å². The highest BCUT2D eigenvalue weighted by Crippen LogP contribution is 2.15. The molecule has 0 unspecified atom stereocenters. The van der Waals surface area contributed by atoms with Gasteiger partial charge >= 0.3 is 0 Å². The van der Waals surface area contributed by atoms with Gasteiger partial charge in [-0.2, -0.15) is 0 Å². The van der Waals surface area contributed by atoms with E-state index in [4.69, 9.17) is 0 Å². The summed E-state index contributed by atoms with van der Waals surface area (Å²) in [6.07, 6.45) is 1.74. The Morgan fingerprint density at radius 2 is 1.85 bits per heavy atom. The zero-order valence-electron chi connectivity index (χ0n) is 15.2. The van der Waals surface area contributed by atoms with E-state index >= 15 is 0 Å². The molecule has 0 saturated carbocycles. The first kappa shape index (κ1) is 18.6. The first-order valence-corrected chi connectivity index (χ1v) is 9.82. The highest BCUT2D eigenvalue weighted by atomic mass is 32.1. The van der Waals surface area contributed by atoms with Crippen molar-refractivity contribution in [1.82, 2.24) is 10.2 Å². The van der Waals surface area contributed by atoms with Crippen LogP contribution in [0, 0.1) is 13.8 Å². The Bertz CT molecular complexity index is 745. The molecule has 5 nitrogen and oxygen atoms in total. The Kier molecular flexibility index (Phi) is 6.06. The van der Waals surface area contributed by atoms with E-state index < -0.39 is 0 Å². The van der Waals surface area contributed by atoms with Crippen molar-refractivity contribution in [3.8, 4) is 0 Å². The Hall–Kier alpha value is -2.18. The lowest BCUT2D eigenvalue weighted by molar-refractivity contribution is -0.117. The van der Waals surface area contributed by atoms with Crippen molar-refractivity contribution in [3.05, 3.63) is 51.7 Å². The predicted octanol–water partition coefficient (Wildman–Crippen LogP) is 3.20. The Morgan fingerprint density at radius 1 is 1.15 bits per heavy atom. The van der Waals surface area contributed by atoms with Crippen LogP contribution in [0.4, 0.5) is 5.69 Å². The van der Waals surface area contributed by atoms with Crippen LogP contribution >= 0.6 is 11.3 Å². The van der Waals surface area contributed by atoms with Crippen LogP contribution in [0.1, 0.15) is 33.6 Å². The smallest absolute Gasteiger partial charge is 0.261 e. The van der Waals surface area contributed by atoms with Gasteiger partial charge in [0.05, 0.1) is 11.4 Å². The Labute approximate surface area is 158 Å². The number of carbonyl (C=O) groups excluding carboxylic acids is 2. The molecule has 3 rings (SSSR count). The van der Waals surface area contributed by atoms with Gasteiger partial charge in [0.2, 0.25) is 5.91 Å². The monoisotopic (exact) mass is 371 g/mol. The van der Waals surface area contributed by atoms with E-state index in [0.717, 1.165) is 47.6 Å². The van der Waals surface area contributed by atoms with Crippen molar-refractivity contribution in [2.75, 3.05) is 25.0 Å². The molecule has 1 fully saturated rings. The number of anilines is 1. The second kappa shape index (κ2) is 8.47. The molecule has 0 radical (unpaired) electrons. The highest BCUT2D eigenvalue weighted by Gasteiger charge is 2.22. The topological polar surface area (TPSA) is 61.4 Å². The van der Waals surface area contributed by atoms with Crippen LogP contribution in [0.2, 0.25) is 0 Å². The Balaban J connectivity index is 1.43. The predicted molar refractivity (Wildman–Crippen MR) is 106 cm³/mol. The average molecular weight is 372 g/mol. The van der Waals surface area contributed by atoms with E-state index in [9.17, 15) is 9.59 Å². The normalized spacial score (nSPS) is 15.6. The van der Waals surface area contributed by atoms with Crippen molar-refractivity contribution < 1.29 is 9.59 Å². The fourth-order valence-corrected chi connectivity index (χ4v) is 3.98. The van der Waals surface area contributed by atoms with Gasteiger partial charge in [0.15, 0.2) is 0 Å². The molecule has 1 aromatic heterocycles. The van der Waals surface area contributed by atoms with Gasteiger partial charge in [-0.1, -0.05) is 12.1 Å². The minimum Gasteiger partial charge on any atom is -0.349 e. The van der Waals surface area contributed by atoms with E-state index in [1.165, 1.54) is 11.3 Å². The van der Waals surface area contributed by atoms with Crippen molar-refractivity contribution in [3.63, 3.8) is 0 Å². The number of carbonyl (C=O) groups is 2. The number of benzene rings is 1. The molecule has 1 aliphatic rings. The lowest BCUT2D eigenvalue weighted by Crippen LogP contribution is -2.46. The molecular weight excluding hydrogens is 346 g/mol. The molecule has 1 saturated heterocycles. The average Bonchev–Trinajstić information content (AvgIpc) is 3.10. The summed E-state index contributed by atoms with van der Waals surface area (Å²) in [7, 11) is 0. The fraction of sp³-hybridized carbons (Fsp3) is 0.400. The molecule has 26 heavy (non-hydrogen) atoms. The summed E-state index contributed by atoms with van der Waals surface area (Å²) in [6, 6.07) is 9.96. The SMILES string of the molecule is Cc1cc(C)cc(NC(=O)CN2CCC(NC(=O)c3cccs3)CC2)c1. The number of nitrogens with one attached hydrogen (secondary N) is 2. The minimum absolute atomic E-state index is 0.00557. The summed E-state index contributed by atoms with van der Waals surface area (Å²) < 4.78 is 0. The molecule has 0 atom stereocenters. The van der Waals surface area contributed by atoms with Gasteiger partial charge in [-0.25, -0.2) is 0 Å². The maximum atomic E-state index is 12.3. The van der Waals surface area contributed by atoms with Crippen molar-refractivity contribution in [2.45, 2.75) is 32.7 Å². The van der Waals surface area contributed by atoms with E-state index in [1.807, 2.05) is 43.5 Å². The zero-order chi connectivity index (χ0) is 18.5. The van der Waals surface area contributed by atoms with Gasteiger partial charge in [-0.15, -0.1) is 11.3 Å². The van der Waals surface area contributed by atoms with E-state index in [0.29, 0.717) is 6.54 Å². The molecule has 0 spiro atoms. The van der Waals surface area contributed by atoms with Crippen molar-refractivity contribution in [2.24, 2.45) is 0 Å². The number of hydrogen-bond acceptors (Lipinski definition) is 4. The standard InChI is InChI=1S/C20H25N3O2S/c1-14-10-15(2)12-17(11-14)21-19(24)13-23-7-5-16(6-8-23)22-20(25)18-4-3-9-26-18/h3-4,9-12,16H,5-8,13H2,1-2H3,(H,21,24)(H,22,25). The Morgan fingerprint density at radius 3 is 2.46 bits per heavy atom. The second-order valence-corrected chi connectivity index (χ2v) is 7.87. The molecular formula is C20H25N3O2S. The van der Waals surface area contributed by atoms with Crippen molar-refractivity contribution >= 4 is 28.8 Å². The molecule has 6 heteroatoms. The van der Waals surface area contributed by atoms with Crippen LogP contribution < -0.4 is 10.6 Å². The van der Waals surface area contributed by atoms with Gasteiger partial charge in [-0.05, 0) is 61.4 Å². The summed E-state index contributed by atoms with van der Waals surface area (Å²) in [5.74, 6) is 0.0158. The third-order valence-electron chi connectivity index (χ3n) is 4.54. The van der Waals surface area contributed by atoms with Crippen LogP contribution in [0.3, 0.4) is 0 Å². The van der Waals surface area contributed by atoms with Gasteiger partial charge in [0.1, 0.15) is 0 Å². The maximum Gasteiger partial charge on any atom is 0.261 e. The van der Waals surface area contributed by atoms with Crippen LogP contribution in [0.25, 0.3) is 0 Å². The third kappa shape index (κ3) is 5.16. The zero-order valence-corrected chi connectivity index (χ0v) is 16.1. The molecule has 0 bridgehead atoms. The molecule has 2 N–H and O–H groups in total. The number of nitrogens with zero attached hydrogens (tertiary/aromatic N) is 1. The molecule has 0 aliphatic carbocycles. The molecule has 138 valence electrons. The lowest BCUT2D eigenvalue weighted by Gasteiger charge is -2.31. The second-order valence-electron chi connectivity index (χ2n) is 6.93. The van der Waals surface area contributed by atoms with Gasteiger partial charge in [0, 0.05) is 24.8 Å². The number of aryl methyl sites for hydroxylation is 2. The third-order valence-corrected chi connectivity index (χ3v) is 5.41. The number of piperidine rings is 1. The maximum absolute atomic E-state index is 12.3. The summed E-state index contributed by atoms with van der Waals surface area (Å²) in [6.45, 7) is 6.07. The molecule has 2 aromatic rings. The highest BCUT2D eigenvalue weighted by molar-refractivity contribution is 7.12. The molecule has 2 heterocycles. The number of thiophene rings is 1. The van der Waals surface area contributed by atoms with E-state index in [2.05, 4.69) is 21.6 Å². The quantitative estimate of drug-likeness (QED) is 0.848. The first-order chi connectivity index (χ1) is 12.5. The molecule has 1 aliphatic heterocycles. The number of likely N-dealkylation sites (tertiary alicyclic amines) is 1. The largest absolute Gasteiger partial charge is 0.349 e. The van der Waals surface area contributed by atoms with Gasteiger partial charge in [-0.3, -0.25) is 14.5 Å². The van der Waals surface area contributed by atoms with Crippen LogP contribution in [0.15, 0.2) is 35.7 Å². The van der Waals surface area contributed by atoms with E-state index in [1.54, 1.807) is 0 Å². The summed E-state index contributed by atoms with van der Waals surface area (Å²) in [5.41, 5.74) is 3.13. The number of amides is 2. The summed E-state index contributed by atoms with van der Waals surface area (Å²) in [4.78, 5) is 27.3. The van der Waals surface area contributed by atoms with Crippen LogP contribution in [-0.2, 0) is 4.79 Å². The summed E-state index contributed by atoms with van der Waals surface area (Å²) >= 11 is 1.46. The lowest BCUT2D eigenvalue weighted by atomic mass is 10.0.